The Labute approximate surface area is 439 Å². The second-order valence-corrected chi connectivity index (χ2v) is 18.2. The average Bonchev–Trinajstić information content (AvgIpc) is 3.48. The Balaban J connectivity index is 0.872. The van der Waals surface area contributed by atoms with Crippen molar-refractivity contribution in [3.05, 3.63) is 302 Å². The highest BCUT2D eigenvalue weighted by Gasteiger charge is 2.18. The molecule has 11 aromatic rings. The topological polar surface area (TPSA) is 45.3 Å². The van der Waals surface area contributed by atoms with Gasteiger partial charge in [-0.05, 0) is 187 Å². The molecule has 0 saturated heterocycles. The van der Waals surface area contributed by atoms with Gasteiger partial charge in [0.25, 0.3) is 0 Å². The van der Waals surface area contributed by atoms with Crippen LogP contribution in [0.3, 0.4) is 0 Å². The van der Waals surface area contributed by atoms with Crippen LogP contribution in [0.25, 0.3) is 22.3 Å². The monoisotopic (exact) mass is 971 g/mol. The fourth-order valence-electron chi connectivity index (χ4n) is 9.36. The van der Waals surface area contributed by atoms with Crippen LogP contribution >= 0.6 is 0 Å². The minimum Gasteiger partial charge on any atom is -0.497 e. The summed E-state index contributed by atoms with van der Waals surface area (Å²) in [5.41, 5.74) is 16.3. The van der Waals surface area contributed by atoms with E-state index < -0.39 is 0 Å². The van der Waals surface area contributed by atoms with Gasteiger partial charge >= 0.3 is 0 Å². The minimum atomic E-state index is -0.0205. The number of ketones is 1. The number of ether oxygens (including phenoxy) is 2. The van der Waals surface area contributed by atoms with Crippen molar-refractivity contribution in [1.29, 1.82) is 0 Å². The molecule has 0 amide bonds. The van der Waals surface area contributed by atoms with Crippen LogP contribution in [-0.4, -0.2) is 12.9 Å². The van der Waals surface area contributed by atoms with Crippen molar-refractivity contribution in [2.45, 2.75) is 6.92 Å². The molecule has 6 nitrogen and oxygen atoms in total. The maximum absolute atomic E-state index is 13.2. The maximum Gasteiger partial charge on any atom is 0.193 e. The number of carbonyl (C=O) groups excluding carboxylic acids is 1. The van der Waals surface area contributed by atoms with E-state index in [1.54, 1.807) is 7.11 Å². The van der Waals surface area contributed by atoms with E-state index in [1.807, 2.05) is 97.9 Å². The first-order valence-electron chi connectivity index (χ1n) is 25.0. The number of benzene rings is 11. The SMILES string of the molecule is COc1ccc(N(c2ccccc2)c2ccc(-c3ccc(N(c4ccc(Oc5ccc(C(=O)c6ccc(C)cc6)cc5)cc4)c4ccc(-c5ccc(N(c6ccccc6)c6ccccc6)cc5)cc4)cc3)cc2)cc1. The molecule has 0 fully saturated rings. The number of aryl methyl sites for hydroxylation is 1. The summed E-state index contributed by atoms with van der Waals surface area (Å²) in [6.07, 6.45) is 0. The average molecular weight is 972 g/mol. The highest BCUT2D eigenvalue weighted by Crippen LogP contribution is 2.41. The molecule has 0 spiro atoms. The first kappa shape index (κ1) is 47.4. The lowest BCUT2D eigenvalue weighted by Gasteiger charge is -2.27. The summed E-state index contributed by atoms with van der Waals surface area (Å²) in [5.74, 6) is 2.13. The van der Waals surface area contributed by atoms with Crippen LogP contribution in [0.5, 0.6) is 17.2 Å². The molecule has 6 heteroatoms. The molecular weight excluding hydrogens is 919 g/mol. The van der Waals surface area contributed by atoms with Crippen LogP contribution in [0.4, 0.5) is 51.2 Å². The fourth-order valence-corrected chi connectivity index (χ4v) is 9.36. The van der Waals surface area contributed by atoms with Gasteiger partial charge in [0.2, 0.25) is 0 Å². The zero-order chi connectivity index (χ0) is 50.9. The third-order valence-electron chi connectivity index (χ3n) is 13.3. The van der Waals surface area contributed by atoms with Crippen molar-refractivity contribution >= 4 is 57.0 Å². The molecule has 0 aromatic heterocycles. The maximum atomic E-state index is 13.2. The summed E-state index contributed by atoms with van der Waals surface area (Å²) in [5, 5.41) is 0. The quantitative estimate of drug-likeness (QED) is 0.0899. The lowest BCUT2D eigenvalue weighted by atomic mass is 10.0. The summed E-state index contributed by atoms with van der Waals surface area (Å²) in [4.78, 5) is 19.9. The van der Waals surface area contributed by atoms with Gasteiger partial charge < -0.3 is 24.2 Å². The van der Waals surface area contributed by atoms with E-state index >= 15 is 0 Å². The second-order valence-electron chi connectivity index (χ2n) is 18.2. The predicted molar refractivity (Wildman–Crippen MR) is 309 cm³/mol. The van der Waals surface area contributed by atoms with E-state index in [0.717, 1.165) is 84.8 Å². The molecule has 0 saturated carbocycles. The fraction of sp³-hybridized carbons (Fsp3) is 0.0290. The summed E-state index contributed by atoms with van der Waals surface area (Å²) >= 11 is 0. The Bertz CT molecular complexity index is 3570. The van der Waals surface area contributed by atoms with Crippen LogP contribution < -0.4 is 24.2 Å². The van der Waals surface area contributed by atoms with Crippen LogP contribution in [0, 0.1) is 6.92 Å². The number of rotatable bonds is 16. The van der Waals surface area contributed by atoms with E-state index in [1.165, 1.54) is 0 Å². The highest BCUT2D eigenvalue weighted by molar-refractivity contribution is 6.09. The summed E-state index contributed by atoms with van der Waals surface area (Å²) in [6, 6.07) is 97.5. The van der Waals surface area contributed by atoms with Gasteiger partial charge in [-0.3, -0.25) is 4.79 Å². The van der Waals surface area contributed by atoms with Crippen LogP contribution in [-0.2, 0) is 0 Å². The van der Waals surface area contributed by atoms with Gasteiger partial charge in [-0.25, -0.2) is 0 Å². The molecule has 11 rings (SSSR count). The molecule has 0 heterocycles. The number of nitrogens with zero attached hydrogens (tertiary/aromatic N) is 3. The smallest absolute Gasteiger partial charge is 0.193 e. The predicted octanol–water partition coefficient (Wildman–Crippen LogP) is 18.8. The molecule has 11 aromatic carbocycles. The second kappa shape index (κ2) is 21.8. The number of carbonyl (C=O) groups is 1. The molecule has 362 valence electrons. The van der Waals surface area contributed by atoms with Gasteiger partial charge in [0.15, 0.2) is 5.78 Å². The summed E-state index contributed by atoms with van der Waals surface area (Å²) in [7, 11) is 1.69. The minimum absolute atomic E-state index is 0.0205. The zero-order valence-electron chi connectivity index (χ0n) is 41.7. The first-order chi connectivity index (χ1) is 36.9. The van der Waals surface area contributed by atoms with E-state index in [2.05, 4.69) is 209 Å². The lowest BCUT2D eigenvalue weighted by Crippen LogP contribution is -2.10. The normalized spacial score (nSPS) is 10.9. The molecule has 0 N–H and O–H groups in total. The van der Waals surface area contributed by atoms with Crippen molar-refractivity contribution in [3.8, 4) is 39.5 Å². The third-order valence-corrected chi connectivity index (χ3v) is 13.3. The number of para-hydroxylation sites is 3. The molecule has 0 radical (unpaired) electrons. The Hall–Kier alpha value is -9.91. The Morgan fingerprint density at radius 3 is 0.813 bits per heavy atom. The van der Waals surface area contributed by atoms with Gasteiger partial charge in [-0.2, -0.15) is 0 Å². The molecule has 0 aliphatic rings. The molecule has 0 bridgehead atoms. The molecule has 75 heavy (non-hydrogen) atoms. The van der Waals surface area contributed by atoms with Crippen molar-refractivity contribution in [1.82, 2.24) is 0 Å². The lowest BCUT2D eigenvalue weighted by molar-refractivity contribution is 0.103. The van der Waals surface area contributed by atoms with Crippen molar-refractivity contribution in [2.75, 3.05) is 21.8 Å². The molecule has 0 atom stereocenters. The van der Waals surface area contributed by atoms with Crippen molar-refractivity contribution in [3.63, 3.8) is 0 Å². The number of hydrogen-bond donors (Lipinski definition) is 0. The van der Waals surface area contributed by atoms with E-state index in [9.17, 15) is 4.79 Å². The van der Waals surface area contributed by atoms with E-state index in [-0.39, 0.29) is 5.78 Å². The van der Waals surface area contributed by atoms with Gasteiger partial charge in [0.05, 0.1) is 7.11 Å². The van der Waals surface area contributed by atoms with E-state index in [0.29, 0.717) is 22.6 Å². The standard InChI is InChI=1S/C69H53N3O3/c1-50-18-20-55(21-19-50)69(73)56-30-44-67(45-31-56)75-68-48-42-65(43-49-68)72(62-36-26-53(27-37-62)51-22-32-60(33-23-51)70(57-12-6-3-7-13-57)58-14-8-4-9-15-58)63-38-28-54(29-39-63)52-24-34-61(35-25-52)71(59-16-10-5-11-17-59)64-40-46-66(74-2)47-41-64/h3-49H,1-2H3. The Kier molecular flexibility index (Phi) is 13.8. The number of methoxy groups -OCH3 is 1. The van der Waals surface area contributed by atoms with Crippen LogP contribution in [0.2, 0.25) is 0 Å². The molecular formula is C69H53N3O3. The van der Waals surface area contributed by atoms with Crippen LogP contribution in [0.1, 0.15) is 21.5 Å². The number of anilines is 9. The van der Waals surface area contributed by atoms with Gasteiger partial charge in [-0.15, -0.1) is 0 Å². The summed E-state index contributed by atoms with van der Waals surface area (Å²) in [6.45, 7) is 2.01. The highest BCUT2D eigenvalue weighted by atomic mass is 16.5. The van der Waals surface area contributed by atoms with Gasteiger partial charge in [0, 0.05) is 62.3 Å². The van der Waals surface area contributed by atoms with Gasteiger partial charge in [0.1, 0.15) is 17.2 Å². The Morgan fingerprint density at radius 1 is 0.280 bits per heavy atom. The van der Waals surface area contributed by atoms with Gasteiger partial charge in [-0.1, -0.05) is 133 Å². The zero-order valence-corrected chi connectivity index (χ0v) is 41.7. The van der Waals surface area contributed by atoms with Crippen molar-refractivity contribution in [2.24, 2.45) is 0 Å². The molecule has 0 aliphatic carbocycles. The first-order valence-corrected chi connectivity index (χ1v) is 25.0. The van der Waals surface area contributed by atoms with Crippen molar-refractivity contribution < 1.29 is 14.3 Å². The molecule has 0 unspecified atom stereocenters. The Morgan fingerprint density at radius 2 is 0.520 bits per heavy atom. The molecule has 0 aliphatic heterocycles. The summed E-state index contributed by atoms with van der Waals surface area (Å²) < 4.78 is 11.8. The largest absolute Gasteiger partial charge is 0.497 e. The number of hydrogen-bond acceptors (Lipinski definition) is 6. The van der Waals surface area contributed by atoms with E-state index in [4.69, 9.17) is 9.47 Å². The third kappa shape index (κ3) is 10.7. The van der Waals surface area contributed by atoms with Crippen LogP contribution in [0.15, 0.2) is 285 Å².